The maximum Gasteiger partial charge on any atom is 0.387 e. The van der Waals surface area contributed by atoms with Crippen LogP contribution in [-0.4, -0.2) is 39.4 Å². The van der Waals surface area contributed by atoms with Crippen LogP contribution in [0.3, 0.4) is 0 Å². The number of hydrogen-bond acceptors (Lipinski definition) is 5. The van der Waals surface area contributed by atoms with E-state index in [4.69, 9.17) is 17.3 Å². The lowest BCUT2D eigenvalue weighted by Gasteiger charge is -2.10. The van der Waals surface area contributed by atoms with E-state index in [0.29, 0.717) is 5.56 Å². The quantitative estimate of drug-likeness (QED) is 0.654. The Morgan fingerprint density at radius 1 is 1.41 bits per heavy atom. The minimum atomic E-state index is -2.90. The summed E-state index contributed by atoms with van der Waals surface area (Å²) in [5.41, 5.74) is 0.581. The molecule has 0 unspecified atom stereocenters. The normalized spacial score (nSPS) is 16.7. The summed E-state index contributed by atoms with van der Waals surface area (Å²) in [6.07, 6.45) is 1.51. The number of amides is 1. The van der Waals surface area contributed by atoms with Gasteiger partial charge in [-0.15, -0.1) is 0 Å². The van der Waals surface area contributed by atoms with Crippen molar-refractivity contribution in [2.45, 2.75) is 6.61 Å². The van der Waals surface area contributed by atoms with Gasteiger partial charge in [-0.3, -0.25) is 14.5 Å². The number of thiocarbonyl (C=S) groups is 1. The van der Waals surface area contributed by atoms with Gasteiger partial charge < -0.3 is 9.84 Å². The van der Waals surface area contributed by atoms with E-state index in [-0.39, 0.29) is 15.0 Å². The molecule has 1 aliphatic rings. The number of nitrogens with zero attached hydrogens (tertiary/aromatic N) is 1. The molecule has 0 aliphatic carbocycles. The number of halogens is 2. The first-order valence-corrected chi connectivity index (χ1v) is 7.11. The third kappa shape index (κ3) is 4.01. The molecule has 1 aromatic rings. The standard InChI is InChI=1S/C13H9F2NO4S2/c14-12(15)20-8-3-1-7(2-4-8)5-9-11(19)16(6-10(17)18)13(21)22-9/h1-5,12H,6H2,(H,17,18). The van der Waals surface area contributed by atoms with Crippen LogP contribution < -0.4 is 4.74 Å². The minimum Gasteiger partial charge on any atom is -0.480 e. The Kier molecular flexibility index (Phi) is 5.09. The van der Waals surface area contributed by atoms with Gasteiger partial charge in [-0.25, -0.2) is 0 Å². The zero-order chi connectivity index (χ0) is 16.3. The molecule has 1 N–H and O–H groups in total. The zero-order valence-corrected chi connectivity index (χ0v) is 12.5. The highest BCUT2D eigenvalue weighted by atomic mass is 32.2. The Morgan fingerprint density at radius 3 is 2.59 bits per heavy atom. The fourth-order valence-electron chi connectivity index (χ4n) is 1.67. The summed E-state index contributed by atoms with van der Waals surface area (Å²) < 4.78 is 28.5. The van der Waals surface area contributed by atoms with Crippen molar-refractivity contribution in [3.8, 4) is 5.75 Å². The molecule has 9 heteroatoms. The minimum absolute atomic E-state index is 0.00516. The molecule has 5 nitrogen and oxygen atoms in total. The molecule has 0 aromatic heterocycles. The SMILES string of the molecule is O=C(O)CN1C(=O)C(=Cc2ccc(OC(F)F)cc2)SC1=S. The van der Waals surface area contributed by atoms with Gasteiger partial charge in [-0.2, -0.15) is 8.78 Å². The Hall–Kier alpha value is -2.00. The molecule has 1 heterocycles. The number of carboxylic acids is 1. The molecule has 0 spiro atoms. The Bertz CT molecular complexity index is 646. The Labute approximate surface area is 133 Å². The molecule has 1 amide bonds. The summed E-state index contributed by atoms with van der Waals surface area (Å²) in [6.45, 7) is -3.40. The van der Waals surface area contributed by atoms with Gasteiger partial charge in [0.15, 0.2) is 0 Å². The van der Waals surface area contributed by atoms with Crippen LogP contribution in [0.4, 0.5) is 8.78 Å². The molecule has 0 atom stereocenters. The molecule has 22 heavy (non-hydrogen) atoms. The molecular weight excluding hydrogens is 336 g/mol. The van der Waals surface area contributed by atoms with E-state index in [1.165, 1.54) is 30.3 Å². The monoisotopic (exact) mass is 345 g/mol. The second-order valence-electron chi connectivity index (χ2n) is 4.11. The van der Waals surface area contributed by atoms with Gasteiger partial charge in [0.2, 0.25) is 0 Å². The van der Waals surface area contributed by atoms with Crippen molar-refractivity contribution < 1.29 is 28.2 Å². The summed E-state index contributed by atoms with van der Waals surface area (Å²) in [5.74, 6) is -1.65. The lowest BCUT2D eigenvalue weighted by atomic mass is 10.2. The van der Waals surface area contributed by atoms with Gasteiger partial charge in [-0.1, -0.05) is 36.1 Å². The molecule has 116 valence electrons. The van der Waals surface area contributed by atoms with Crippen molar-refractivity contribution in [2.24, 2.45) is 0 Å². The van der Waals surface area contributed by atoms with Crippen LogP contribution in [0, 0.1) is 0 Å². The number of hydrogen-bond donors (Lipinski definition) is 1. The molecule has 0 bridgehead atoms. The van der Waals surface area contributed by atoms with Crippen molar-refractivity contribution in [1.82, 2.24) is 4.90 Å². The smallest absolute Gasteiger partial charge is 0.387 e. The fraction of sp³-hybridized carbons (Fsp3) is 0.154. The van der Waals surface area contributed by atoms with Gasteiger partial charge in [0.25, 0.3) is 5.91 Å². The number of ether oxygens (including phenoxy) is 1. The van der Waals surface area contributed by atoms with Crippen LogP contribution >= 0.6 is 24.0 Å². The van der Waals surface area contributed by atoms with Gasteiger partial charge >= 0.3 is 12.6 Å². The highest BCUT2D eigenvalue weighted by Gasteiger charge is 2.33. The van der Waals surface area contributed by atoms with Crippen LogP contribution in [0.15, 0.2) is 29.2 Å². The van der Waals surface area contributed by atoms with Crippen LogP contribution in [0.25, 0.3) is 6.08 Å². The molecule has 1 saturated heterocycles. The number of thioether (sulfide) groups is 1. The van der Waals surface area contributed by atoms with E-state index < -0.39 is 25.0 Å². The third-order valence-electron chi connectivity index (χ3n) is 2.57. The summed E-state index contributed by atoms with van der Waals surface area (Å²) in [4.78, 5) is 24.0. The van der Waals surface area contributed by atoms with Crippen LogP contribution in [0.1, 0.15) is 5.56 Å². The van der Waals surface area contributed by atoms with E-state index in [0.717, 1.165) is 16.7 Å². The predicted octanol–water partition coefficient (Wildman–Crippen LogP) is 2.57. The molecular formula is C13H9F2NO4S2. The predicted molar refractivity (Wildman–Crippen MR) is 80.6 cm³/mol. The van der Waals surface area contributed by atoms with Crippen LogP contribution in [0.2, 0.25) is 0 Å². The highest BCUT2D eigenvalue weighted by molar-refractivity contribution is 8.26. The summed E-state index contributed by atoms with van der Waals surface area (Å²) in [6, 6.07) is 5.69. The first-order valence-electron chi connectivity index (χ1n) is 5.89. The van der Waals surface area contributed by atoms with E-state index in [1.54, 1.807) is 0 Å². The average Bonchev–Trinajstić information content (AvgIpc) is 2.68. The number of carbonyl (C=O) groups excluding carboxylic acids is 1. The lowest BCUT2D eigenvalue weighted by Crippen LogP contribution is -2.33. The van der Waals surface area contributed by atoms with Crippen molar-refractivity contribution in [2.75, 3.05) is 6.54 Å². The van der Waals surface area contributed by atoms with Gasteiger partial charge in [0.05, 0.1) is 4.91 Å². The highest BCUT2D eigenvalue weighted by Crippen LogP contribution is 2.32. The topological polar surface area (TPSA) is 66.8 Å². The largest absolute Gasteiger partial charge is 0.480 e. The van der Waals surface area contributed by atoms with Crippen LogP contribution in [-0.2, 0) is 9.59 Å². The molecule has 0 radical (unpaired) electrons. The van der Waals surface area contributed by atoms with E-state index in [1.807, 2.05) is 0 Å². The number of carbonyl (C=O) groups is 2. The average molecular weight is 345 g/mol. The maximum atomic E-state index is 12.0. The Balaban J connectivity index is 2.14. The zero-order valence-electron chi connectivity index (χ0n) is 10.9. The van der Waals surface area contributed by atoms with Crippen molar-refractivity contribution in [1.29, 1.82) is 0 Å². The summed E-state index contributed by atoms with van der Waals surface area (Å²) >= 11 is 5.95. The Morgan fingerprint density at radius 2 is 2.05 bits per heavy atom. The van der Waals surface area contributed by atoms with Crippen molar-refractivity contribution in [3.05, 3.63) is 34.7 Å². The van der Waals surface area contributed by atoms with Crippen LogP contribution in [0.5, 0.6) is 5.75 Å². The van der Waals surface area contributed by atoms with Crippen molar-refractivity contribution >= 4 is 46.3 Å². The second kappa shape index (κ2) is 6.84. The van der Waals surface area contributed by atoms with E-state index in [9.17, 15) is 18.4 Å². The summed E-state index contributed by atoms with van der Waals surface area (Å²) in [5, 5.41) is 8.73. The molecule has 2 rings (SSSR count). The van der Waals surface area contributed by atoms with Gasteiger partial charge in [-0.05, 0) is 23.8 Å². The fourth-order valence-corrected chi connectivity index (χ4v) is 2.92. The molecule has 1 fully saturated rings. The third-order valence-corrected chi connectivity index (χ3v) is 3.95. The second-order valence-corrected chi connectivity index (χ2v) is 5.78. The molecule has 1 aromatic carbocycles. The summed E-state index contributed by atoms with van der Waals surface area (Å²) in [7, 11) is 0. The van der Waals surface area contributed by atoms with Gasteiger partial charge in [0.1, 0.15) is 16.6 Å². The molecule has 0 saturated carbocycles. The number of aliphatic carboxylic acids is 1. The number of alkyl halides is 2. The lowest BCUT2D eigenvalue weighted by molar-refractivity contribution is -0.140. The first-order chi connectivity index (χ1) is 10.4. The maximum absolute atomic E-state index is 12.0. The number of carboxylic acid groups (broad SMARTS) is 1. The van der Waals surface area contributed by atoms with Gasteiger partial charge in [0, 0.05) is 0 Å². The molecule has 1 aliphatic heterocycles. The van der Waals surface area contributed by atoms with E-state index in [2.05, 4.69) is 4.74 Å². The van der Waals surface area contributed by atoms with E-state index >= 15 is 0 Å². The van der Waals surface area contributed by atoms with Crippen molar-refractivity contribution in [3.63, 3.8) is 0 Å². The first kappa shape index (κ1) is 16.4. The number of benzene rings is 1. The number of rotatable bonds is 5.